The minimum Gasteiger partial charge on any atom is -0.457 e. The fourth-order valence-corrected chi connectivity index (χ4v) is 3.00. The molecule has 0 spiro atoms. The first-order chi connectivity index (χ1) is 13.4. The van der Waals surface area contributed by atoms with Gasteiger partial charge < -0.3 is 25.7 Å². The van der Waals surface area contributed by atoms with Crippen molar-refractivity contribution in [2.75, 3.05) is 21.1 Å². The second-order valence-corrected chi connectivity index (χ2v) is 6.99. The van der Waals surface area contributed by atoms with Gasteiger partial charge in [0.1, 0.15) is 17.2 Å². The molecular weight excluding hydrogens is 449 g/mol. The zero-order valence-electron chi connectivity index (χ0n) is 16.7. The number of aromatic amines is 1. The third-order valence-electron chi connectivity index (χ3n) is 4.03. The zero-order chi connectivity index (χ0) is 20.3. The van der Waals surface area contributed by atoms with Crippen molar-refractivity contribution in [3.05, 3.63) is 58.7 Å². The van der Waals surface area contributed by atoms with E-state index in [0.717, 1.165) is 6.54 Å². The Kier molecular flexibility index (Phi) is 9.45. The molecule has 1 aromatic heterocycles. The average Bonchev–Trinajstić information content (AvgIpc) is 3.08. The first kappa shape index (κ1) is 25.6. The highest BCUT2D eigenvalue weighted by molar-refractivity contribution is 6.35. The van der Waals surface area contributed by atoms with Crippen molar-refractivity contribution in [3.8, 4) is 11.5 Å². The van der Waals surface area contributed by atoms with Gasteiger partial charge in [0, 0.05) is 31.1 Å². The number of ether oxygens (including phenoxy) is 1. The molecule has 3 aromatic rings. The molecule has 0 bridgehead atoms. The van der Waals surface area contributed by atoms with Crippen LogP contribution in [0.5, 0.6) is 11.5 Å². The molecule has 0 saturated heterocycles. The van der Waals surface area contributed by atoms with Crippen LogP contribution in [0.4, 0.5) is 0 Å². The van der Waals surface area contributed by atoms with Gasteiger partial charge in [-0.15, -0.1) is 24.8 Å². The number of aromatic nitrogens is 1. The van der Waals surface area contributed by atoms with E-state index in [1.54, 1.807) is 25.2 Å². The number of amides is 1. The number of H-pyrrole nitrogens is 1. The predicted octanol–water partition coefficient (Wildman–Crippen LogP) is 4.19. The van der Waals surface area contributed by atoms with Crippen LogP contribution >= 0.6 is 36.4 Å². The molecule has 0 fully saturated rings. The fraction of sp³-hybridized carbons (Fsp3) is 0.200. The lowest BCUT2D eigenvalue weighted by atomic mass is 10.2. The second-order valence-electron chi connectivity index (χ2n) is 6.59. The summed E-state index contributed by atoms with van der Waals surface area (Å²) < 4.78 is 5.92. The number of nitrogens with zero attached hydrogens (tertiary/aromatic N) is 2. The van der Waals surface area contributed by atoms with Crippen molar-refractivity contribution >= 4 is 59.2 Å². The van der Waals surface area contributed by atoms with Crippen molar-refractivity contribution < 1.29 is 9.53 Å². The maximum Gasteiger partial charge on any atom is 0.296 e. The van der Waals surface area contributed by atoms with E-state index in [9.17, 15) is 4.79 Å². The summed E-state index contributed by atoms with van der Waals surface area (Å²) >= 11 is 6.37. The number of hydrogen-bond donors (Lipinski definition) is 3. The molecule has 30 heavy (non-hydrogen) atoms. The summed E-state index contributed by atoms with van der Waals surface area (Å²) in [6.07, 6.45) is 0. The molecule has 162 valence electrons. The summed E-state index contributed by atoms with van der Waals surface area (Å²) in [6, 6.07) is 13.0. The summed E-state index contributed by atoms with van der Waals surface area (Å²) in [6.45, 7) is 0.859. The molecule has 0 aliphatic carbocycles. The van der Waals surface area contributed by atoms with Gasteiger partial charge in [-0.2, -0.15) is 4.99 Å². The van der Waals surface area contributed by atoms with Crippen LogP contribution in [0.2, 0.25) is 5.02 Å². The highest BCUT2D eigenvalue weighted by Crippen LogP contribution is 2.32. The maximum atomic E-state index is 12.2. The Morgan fingerprint density at radius 3 is 2.43 bits per heavy atom. The van der Waals surface area contributed by atoms with Crippen molar-refractivity contribution in [1.29, 1.82) is 0 Å². The van der Waals surface area contributed by atoms with Crippen molar-refractivity contribution in [1.82, 2.24) is 15.2 Å². The van der Waals surface area contributed by atoms with E-state index in [4.69, 9.17) is 22.1 Å². The molecule has 0 atom stereocenters. The van der Waals surface area contributed by atoms with Crippen LogP contribution < -0.4 is 15.8 Å². The lowest BCUT2D eigenvalue weighted by Gasteiger charge is -2.11. The molecule has 0 aliphatic heterocycles. The monoisotopic (exact) mass is 471 g/mol. The van der Waals surface area contributed by atoms with E-state index in [-0.39, 0.29) is 30.8 Å². The minimum atomic E-state index is -0.488. The Bertz CT molecular complexity index is 1030. The number of carbonyl (C=O) groups excluding carboxylic acids is 1. The Labute approximate surface area is 192 Å². The lowest BCUT2D eigenvalue weighted by molar-refractivity contribution is 0.0998. The number of aliphatic imine (C=N–C) groups is 1. The lowest BCUT2D eigenvalue weighted by Crippen LogP contribution is -2.28. The SMILES string of the molecule is CNC(N)=NC(=O)c1cc2c(Cl)cc(Oc3ccc(CN(C)C)cc3)cc2[nH]1.Cl.Cl. The highest BCUT2D eigenvalue weighted by Gasteiger charge is 2.13. The number of hydrogen-bond acceptors (Lipinski definition) is 3. The molecule has 2 aromatic carbocycles. The van der Waals surface area contributed by atoms with Crippen molar-refractivity contribution in [2.45, 2.75) is 6.54 Å². The molecule has 0 saturated carbocycles. The molecule has 1 heterocycles. The average molecular weight is 473 g/mol. The van der Waals surface area contributed by atoms with Crippen LogP contribution in [0.1, 0.15) is 16.1 Å². The molecular formula is C20H24Cl3N5O2. The third-order valence-corrected chi connectivity index (χ3v) is 4.34. The van der Waals surface area contributed by atoms with Gasteiger partial charge in [0.05, 0.1) is 10.5 Å². The fourth-order valence-electron chi connectivity index (χ4n) is 2.73. The van der Waals surface area contributed by atoms with Gasteiger partial charge in [-0.3, -0.25) is 4.79 Å². The number of halogens is 3. The molecule has 1 amide bonds. The van der Waals surface area contributed by atoms with Gasteiger partial charge in [-0.05, 0) is 37.9 Å². The van der Waals surface area contributed by atoms with E-state index in [2.05, 4.69) is 20.2 Å². The van der Waals surface area contributed by atoms with Gasteiger partial charge in [0.2, 0.25) is 0 Å². The van der Waals surface area contributed by atoms with Gasteiger partial charge in [0.15, 0.2) is 5.96 Å². The van der Waals surface area contributed by atoms with Gasteiger partial charge in [0.25, 0.3) is 5.91 Å². The van der Waals surface area contributed by atoms with E-state index < -0.39 is 5.91 Å². The smallest absolute Gasteiger partial charge is 0.296 e. The van der Waals surface area contributed by atoms with Crippen LogP contribution in [0.15, 0.2) is 47.5 Å². The molecule has 0 unspecified atom stereocenters. The van der Waals surface area contributed by atoms with Crippen LogP contribution in [-0.2, 0) is 6.54 Å². The summed E-state index contributed by atoms with van der Waals surface area (Å²) in [4.78, 5) is 21.0. The number of fused-ring (bicyclic) bond motifs is 1. The molecule has 0 aliphatic rings. The van der Waals surface area contributed by atoms with E-state index in [1.165, 1.54) is 5.56 Å². The number of carbonyl (C=O) groups is 1. The first-order valence-electron chi connectivity index (χ1n) is 8.65. The zero-order valence-corrected chi connectivity index (χ0v) is 19.1. The van der Waals surface area contributed by atoms with E-state index in [1.807, 2.05) is 38.4 Å². The number of guanidine groups is 1. The standard InChI is InChI=1S/C20H22ClN5O2.2ClH/c1-23-20(22)25-19(27)18-10-15-16(21)8-14(9-17(15)24-18)28-13-6-4-12(5-7-13)11-26(2)3;;/h4-10,24H,11H2,1-3H3,(H3,22,23,25,27);2*1H. The Morgan fingerprint density at radius 2 is 1.83 bits per heavy atom. The number of nitrogens with two attached hydrogens (primary N) is 1. The van der Waals surface area contributed by atoms with E-state index in [0.29, 0.717) is 33.1 Å². The predicted molar refractivity (Wildman–Crippen MR) is 127 cm³/mol. The molecule has 7 nitrogen and oxygen atoms in total. The van der Waals surface area contributed by atoms with Crippen molar-refractivity contribution in [2.24, 2.45) is 10.7 Å². The summed E-state index contributed by atoms with van der Waals surface area (Å²) in [5.41, 5.74) is 7.70. The van der Waals surface area contributed by atoms with Crippen LogP contribution in [0, 0.1) is 0 Å². The number of nitrogens with one attached hydrogen (secondary N) is 2. The third kappa shape index (κ3) is 6.27. The summed E-state index contributed by atoms with van der Waals surface area (Å²) in [5, 5.41) is 3.78. The topological polar surface area (TPSA) is 95.7 Å². The first-order valence-corrected chi connectivity index (χ1v) is 9.03. The molecule has 10 heteroatoms. The van der Waals surface area contributed by atoms with Gasteiger partial charge in [-0.25, -0.2) is 0 Å². The summed E-state index contributed by atoms with van der Waals surface area (Å²) in [7, 11) is 5.63. The summed E-state index contributed by atoms with van der Waals surface area (Å²) in [5.74, 6) is 0.818. The number of benzene rings is 2. The maximum absolute atomic E-state index is 12.2. The molecule has 3 rings (SSSR count). The quantitative estimate of drug-likeness (QED) is 0.382. The minimum absolute atomic E-state index is 0. The van der Waals surface area contributed by atoms with Crippen LogP contribution in [0.3, 0.4) is 0 Å². The van der Waals surface area contributed by atoms with Gasteiger partial charge in [-0.1, -0.05) is 23.7 Å². The Hall–Kier alpha value is -2.45. The normalized spacial score (nSPS) is 11.0. The Morgan fingerprint density at radius 1 is 1.17 bits per heavy atom. The number of rotatable bonds is 5. The molecule has 4 N–H and O–H groups in total. The van der Waals surface area contributed by atoms with Crippen LogP contribution in [-0.4, -0.2) is 42.9 Å². The Balaban J connectivity index is 0.00000225. The van der Waals surface area contributed by atoms with E-state index >= 15 is 0 Å². The highest BCUT2D eigenvalue weighted by atomic mass is 35.5. The van der Waals surface area contributed by atoms with Gasteiger partial charge >= 0.3 is 0 Å². The van der Waals surface area contributed by atoms with Crippen molar-refractivity contribution in [3.63, 3.8) is 0 Å². The van der Waals surface area contributed by atoms with Crippen LogP contribution in [0.25, 0.3) is 10.9 Å². The second kappa shape index (κ2) is 11.1. The molecule has 0 radical (unpaired) electrons. The largest absolute Gasteiger partial charge is 0.457 e.